The lowest BCUT2D eigenvalue weighted by Crippen LogP contribution is -2.54. The number of rotatable bonds is 6. The van der Waals surface area contributed by atoms with Crippen molar-refractivity contribution in [3.63, 3.8) is 0 Å². The minimum absolute atomic E-state index is 0.0353. The van der Waals surface area contributed by atoms with Crippen molar-refractivity contribution in [1.29, 1.82) is 0 Å². The van der Waals surface area contributed by atoms with Gasteiger partial charge >= 0.3 is 0 Å². The number of aromatic nitrogens is 1. The van der Waals surface area contributed by atoms with Gasteiger partial charge in [-0.15, -0.1) is 11.3 Å². The molecular weight excluding hydrogens is 411 g/mol. The molecule has 1 fully saturated rings. The van der Waals surface area contributed by atoms with Crippen LogP contribution in [0, 0.1) is 19.7 Å². The number of nitrogens with zero attached hydrogens (tertiary/aromatic N) is 1. The number of hydrogen-bond donors (Lipinski definition) is 2. The van der Waals surface area contributed by atoms with Gasteiger partial charge in [-0.3, -0.25) is 4.79 Å². The zero-order valence-corrected chi connectivity index (χ0v) is 17.6. The lowest BCUT2D eigenvalue weighted by molar-refractivity contribution is 0.0125. The van der Waals surface area contributed by atoms with Crippen LogP contribution in [0.25, 0.3) is 11.0 Å². The van der Waals surface area contributed by atoms with Gasteiger partial charge in [-0.1, -0.05) is 0 Å². The van der Waals surface area contributed by atoms with Crippen LogP contribution in [-0.2, 0) is 11.3 Å². The van der Waals surface area contributed by atoms with Crippen molar-refractivity contribution in [2.75, 3.05) is 19.8 Å². The van der Waals surface area contributed by atoms with E-state index in [1.165, 1.54) is 23.5 Å². The number of fused-ring (bicyclic) bond motifs is 1. The minimum atomic E-state index is -0.742. The molecule has 30 heavy (non-hydrogen) atoms. The molecule has 0 saturated carbocycles. The first-order valence-corrected chi connectivity index (χ1v) is 10.6. The molecule has 0 radical (unpaired) electrons. The molecule has 9 heteroatoms. The summed E-state index contributed by atoms with van der Waals surface area (Å²) in [5.41, 5.74) is 2.38. The Bertz CT molecular complexity index is 1070. The highest BCUT2D eigenvalue weighted by Crippen LogP contribution is 2.33. The largest absolute Gasteiger partial charge is 0.485 e. The fourth-order valence-corrected chi connectivity index (χ4v) is 4.30. The molecular formula is C21H23FN2O5S. The third-order valence-corrected chi connectivity index (χ3v) is 6.39. The van der Waals surface area contributed by atoms with Crippen LogP contribution in [-0.4, -0.2) is 41.4 Å². The van der Waals surface area contributed by atoms with Gasteiger partial charge in [0.25, 0.3) is 5.91 Å². The zero-order chi connectivity index (χ0) is 21.3. The van der Waals surface area contributed by atoms with E-state index in [0.717, 1.165) is 10.6 Å². The van der Waals surface area contributed by atoms with Crippen LogP contribution in [0.15, 0.2) is 22.1 Å². The number of aryl methyl sites for hydroxylation is 2. The van der Waals surface area contributed by atoms with Gasteiger partial charge in [-0.25, -0.2) is 9.37 Å². The molecule has 0 unspecified atom stereocenters. The lowest BCUT2D eigenvalue weighted by atomic mass is 9.90. The molecule has 160 valence electrons. The topological polar surface area (TPSA) is 93.8 Å². The first-order valence-electron chi connectivity index (χ1n) is 9.68. The molecule has 1 aromatic carbocycles. The van der Waals surface area contributed by atoms with Crippen molar-refractivity contribution in [3.8, 4) is 5.75 Å². The Morgan fingerprint density at radius 3 is 2.80 bits per heavy atom. The number of carbonyl (C=O) groups excluding carboxylic acids is 1. The number of amides is 1. The predicted molar refractivity (Wildman–Crippen MR) is 109 cm³/mol. The van der Waals surface area contributed by atoms with E-state index in [1.54, 1.807) is 12.4 Å². The van der Waals surface area contributed by atoms with Gasteiger partial charge in [-0.2, -0.15) is 0 Å². The first kappa shape index (κ1) is 20.8. The molecule has 2 N–H and O–H groups in total. The van der Waals surface area contributed by atoms with Gasteiger partial charge in [0.15, 0.2) is 11.6 Å². The van der Waals surface area contributed by atoms with Gasteiger partial charge in [0.1, 0.15) is 18.0 Å². The Kier molecular flexibility index (Phi) is 5.77. The first-order chi connectivity index (χ1) is 14.4. The summed E-state index contributed by atoms with van der Waals surface area (Å²) < 4.78 is 31.2. The number of nitrogens with one attached hydrogen (secondary N) is 1. The van der Waals surface area contributed by atoms with Crippen LogP contribution in [0.4, 0.5) is 4.39 Å². The highest BCUT2D eigenvalue weighted by Gasteiger charge is 2.35. The Morgan fingerprint density at radius 1 is 1.37 bits per heavy atom. The standard InChI is InChI=1S/C21H23FN2O5S/c1-12-18(30-11-23-12)9-28-17-7-14-16(8-15(17)22)29-13(2)19(14)20(26)24-21(10-25)3-5-27-6-4-21/h7-8,11,25H,3-6,9-10H2,1-2H3,(H,24,26). The van der Waals surface area contributed by atoms with Crippen LogP contribution in [0.1, 0.15) is 39.5 Å². The van der Waals surface area contributed by atoms with E-state index in [-0.39, 0.29) is 30.5 Å². The van der Waals surface area contributed by atoms with Crippen LogP contribution in [0.2, 0.25) is 0 Å². The fourth-order valence-electron chi connectivity index (χ4n) is 3.61. The van der Waals surface area contributed by atoms with E-state index in [2.05, 4.69) is 10.3 Å². The Labute approximate surface area is 176 Å². The second-order valence-corrected chi connectivity index (χ2v) is 8.41. The number of benzene rings is 1. The molecule has 0 spiro atoms. The molecule has 1 aliphatic heterocycles. The summed E-state index contributed by atoms with van der Waals surface area (Å²) in [4.78, 5) is 18.2. The molecule has 1 amide bonds. The van der Waals surface area contributed by atoms with Crippen molar-refractivity contribution < 1.29 is 28.2 Å². The fraction of sp³-hybridized carbons (Fsp3) is 0.429. The molecule has 3 heterocycles. The van der Waals surface area contributed by atoms with Crippen LogP contribution in [0.5, 0.6) is 5.75 Å². The van der Waals surface area contributed by atoms with E-state index < -0.39 is 11.4 Å². The van der Waals surface area contributed by atoms with Gasteiger partial charge in [0.05, 0.1) is 33.8 Å². The Morgan fingerprint density at radius 2 is 2.13 bits per heavy atom. The highest BCUT2D eigenvalue weighted by atomic mass is 32.1. The molecule has 3 aromatic rings. The summed E-state index contributed by atoms with van der Waals surface area (Å²) in [6.07, 6.45) is 1.03. The second-order valence-electron chi connectivity index (χ2n) is 7.47. The summed E-state index contributed by atoms with van der Waals surface area (Å²) in [7, 11) is 0. The molecule has 4 rings (SSSR count). The number of thiazole rings is 1. The van der Waals surface area contributed by atoms with Gasteiger partial charge in [-0.05, 0) is 32.8 Å². The number of aliphatic hydroxyl groups excluding tert-OH is 1. The third kappa shape index (κ3) is 3.92. The van der Waals surface area contributed by atoms with Crippen LogP contribution >= 0.6 is 11.3 Å². The lowest BCUT2D eigenvalue weighted by Gasteiger charge is -2.36. The second kappa shape index (κ2) is 8.33. The number of aliphatic hydroxyl groups is 1. The average molecular weight is 434 g/mol. The quantitative estimate of drug-likeness (QED) is 0.617. The molecule has 1 saturated heterocycles. The number of carbonyl (C=O) groups is 1. The van der Waals surface area contributed by atoms with E-state index in [1.807, 2.05) is 6.92 Å². The maximum absolute atomic E-state index is 14.5. The monoisotopic (exact) mass is 434 g/mol. The van der Waals surface area contributed by atoms with Gasteiger partial charge in [0, 0.05) is 24.7 Å². The summed E-state index contributed by atoms with van der Waals surface area (Å²) >= 11 is 1.44. The summed E-state index contributed by atoms with van der Waals surface area (Å²) in [6.45, 7) is 4.45. The van der Waals surface area contributed by atoms with Crippen molar-refractivity contribution in [2.45, 2.75) is 38.8 Å². The van der Waals surface area contributed by atoms with Crippen molar-refractivity contribution in [3.05, 3.63) is 45.4 Å². The zero-order valence-electron chi connectivity index (χ0n) is 16.8. The minimum Gasteiger partial charge on any atom is -0.485 e. The number of ether oxygens (including phenoxy) is 2. The smallest absolute Gasteiger partial charge is 0.255 e. The SMILES string of the molecule is Cc1ncsc1COc1cc2c(C(=O)NC3(CO)CCOCC3)c(C)oc2cc1F. The Balaban J connectivity index is 1.63. The highest BCUT2D eigenvalue weighted by molar-refractivity contribution is 7.09. The maximum atomic E-state index is 14.5. The number of furan rings is 1. The average Bonchev–Trinajstić information content (AvgIpc) is 3.28. The van der Waals surface area contributed by atoms with Gasteiger partial charge < -0.3 is 24.3 Å². The van der Waals surface area contributed by atoms with E-state index in [9.17, 15) is 14.3 Å². The maximum Gasteiger partial charge on any atom is 0.255 e. The summed E-state index contributed by atoms with van der Waals surface area (Å²) in [5.74, 6) is -0.537. The molecule has 1 aliphatic rings. The summed E-state index contributed by atoms with van der Waals surface area (Å²) in [5, 5.41) is 13.3. The molecule has 0 atom stereocenters. The number of halogens is 1. The van der Waals surface area contributed by atoms with E-state index >= 15 is 0 Å². The number of hydrogen-bond acceptors (Lipinski definition) is 7. The molecule has 2 aromatic heterocycles. The van der Waals surface area contributed by atoms with Gasteiger partial charge in [0.2, 0.25) is 0 Å². The van der Waals surface area contributed by atoms with Crippen LogP contribution in [0.3, 0.4) is 0 Å². The normalized spacial score (nSPS) is 16.0. The molecule has 7 nitrogen and oxygen atoms in total. The predicted octanol–water partition coefficient (Wildman–Crippen LogP) is 3.50. The summed E-state index contributed by atoms with van der Waals surface area (Å²) in [6, 6.07) is 2.71. The Hall–Kier alpha value is -2.49. The van der Waals surface area contributed by atoms with Crippen molar-refractivity contribution >= 4 is 28.2 Å². The van der Waals surface area contributed by atoms with E-state index in [4.69, 9.17) is 13.9 Å². The van der Waals surface area contributed by atoms with E-state index in [0.29, 0.717) is 42.8 Å². The molecule has 0 aliphatic carbocycles. The van der Waals surface area contributed by atoms with Crippen molar-refractivity contribution in [1.82, 2.24) is 10.3 Å². The van der Waals surface area contributed by atoms with Crippen LogP contribution < -0.4 is 10.1 Å². The van der Waals surface area contributed by atoms with Crippen molar-refractivity contribution in [2.24, 2.45) is 0 Å². The molecule has 0 bridgehead atoms. The third-order valence-electron chi connectivity index (χ3n) is 5.48.